The van der Waals surface area contributed by atoms with Gasteiger partial charge in [-0.3, -0.25) is 9.78 Å². The van der Waals surface area contributed by atoms with Crippen molar-refractivity contribution in [3.8, 4) is 0 Å². The molecule has 0 aliphatic rings. The Morgan fingerprint density at radius 1 is 1.24 bits per heavy atom. The Balaban J connectivity index is 1.78. The summed E-state index contributed by atoms with van der Waals surface area (Å²) in [7, 11) is 1.88. The molecule has 0 unspecified atom stereocenters. The van der Waals surface area contributed by atoms with Crippen molar-refractivity contribution >= 4 is 16.8 Å². The van der Waals surface area contributed by atoms with Gasteiger partial charge in [-0.05, 0) is 24.6 Å². The van der Waals surface area contributed by atoms with Crippen LogP contribution in [-0.2, 0) is 13.6 Å². The van der Waals surface area contributed by atoms with E-state index in [0.29, 0.717) is 12.2 Å². The highest BCUT2D eigenvalue weighted by Crippen LogP contribution is 2.17. The number of rotatable bonds is 3. The molecule has 0 fully saturated rings. The maximum Gasteiger partial charge on any atom is 0.268 e. The van der Waals surface area contributed by atoms with Crippen LogP contribution in [0.1, 0.15) is 21.6 Å². The molecule has 106 valence electrons. The molecule has 1 aromatic carbocycles. The summed E-state index contributed by atoms with van der Waals surface area (Å²) < 4.78 is 1.87. The molecule has 2 heterocycles. The van der Waals surface area contributed by atoms with Crippen molar-refractivity contribution in [2.45, 2.75) is 13.5 Å². The van der Waals surface area contributed by atoms with Crippen LogP contribution in [0, 0.1) is 6.92 Å². The van der Waals surface area contributed by atoms with Crippen molar-refractivity contribution in [2.75, 3.05) is 0 Å². The van der Waals surface area contributed by atoms with Gasteiger partial charge in [-0.25, -0.2) is 0 Å². The summed E-state index contributed by atoms with van der Waals surface area (Å²) in [6.07, 6.45) is 3.50. The first-order valence-corrected chi connectivity index (χ1v) is 6.88. The van der Waals surface area contributed by atoms with Crippen LogP contribution < -0.4 is 5.32 Å². The summed E-state index contributed by atoms with van der Waals surface area (Å²) in [5, 5.41) is 3.98. The molecule has 1 amide bonds. The van der Waals surface area contributed by atoms with Gasteiger partial charge in [0.1, 0.15) is 5.69 Å². The van der Waals surface area contributed by atoms with E-state index in [0.717, 1.165) is 16.5 Å². The third-order valence-electron chi connectivity index (χ3n) is 3.65. The highest BCUT2D eigenvalue weighted by atomic mass is 16.1. The van der Waals surface area contributed by atoms with Crippen LogP contribution in [-0.4, -0.2) is 15.5 Å². The Morgan fingerprint density at radius 2 is 2.00 bits per heavy atom. The fourth-order valence-electron chi connectivity index (χ4n) is 2.37. The lowest BCUT2D eigenvalue weighted by molar-refractivity contribution is 0.0943. The van der Waals surface area contributed by atoms with Crippen LogP contribution in [0.25, 0.3) is 10.9 Å². The highest BCUT2D eigenvalue weighted by Gasteiger charge is 2.12. The summed E-state index contributed by atoms with van der Waals surface area (Å²) in [5.41, 5.74) is 3.91. The van der Waals surface area contributed by atoms with Gasteiger partial charge in [0.05, 0.1) is 11.7 Å². The van der Waals surface area contributed by atoms with E-state index < -0.39 is 0 Å². The molecule has 4 heteroatoms. The van der Waals surface area contributed by atoms with Crippen molar-refractivity contribution < 1.29 is 4.79 Å². The van der Waals surface area contributed by atoms with Crippen molar-refractivity contribution in [1.29, 1.82) is 0 Å². The van der Waals surface area contributed by atoms with Crippen molar-refractivity contribution in [2.24, 2.45) is 7.05 Å². The fraction of sp³-hybridized carbons (Fsp3) is 0.176. The zero-order valence-electron chi connectivity index (χ0n) is 12.1. The van der Waals surface area contributed by atoms with Crippen LogP contribution in [0.5, 0.6) is 0 Å². The Morgan fingerprint density at radius 3 is 2.71 bits per heavy atom. The number of aromatic nitrogens is 2. The highest BCUT2D eigenvalue weighted by molar-refractivity contribution is 5.98. The molecule has 2 aromatic heterocycles. The number of amides is 1. The Kier molecular flexibility index (Phi) is 3.44. The number of carbonyl (C=O) groups is 1. The molecular weight excluding hydrogens is 262 g/mol. The number of carbonyl (C=O) groups excluding carboxylic acids is 1. The monoisotopic (exact) mass is 279 g/mol. The SMILES string of the molecule is Cc1ccc(CNC(=O)c2cc3ccncc3n2C)cc1. The molecule has 3 aromatic rings. The lowest BCUT2D eigenvalue weighted by atomic mass is 10.1. The predicted molar refractivity (Wildman–Crippen MR) is 83.1 cm³/mol. The summed E-state index contributed by atoms with van der Waals surface area (Å²) >= 11 is 0. The van der Waals surface area contributed by atoms with Gasteiger partial charge in [0.2, 0.25) is 0 Å². The van der Waals surface area contributed by atoms with Gasteiger partial charge in [-0.15, -0.1) is 0 Å². The first kappa shape index (κ1) is 13.4. The van der Waals surface area contributed by atoms with Gasteiger partial charge < -0.3 is 9.88 Å². The number of pyridine rings is 1. The zero-order valence-corrected chi connectivity index (χ0v) is 12.1. The second-order valence-corrected chi connectivity index (χ2v) is 5.19. The van der Waals surface area contributed by atoms with Crippen molar-refractivity contribution in [1.82, 2.24) is 14.9 Å². The average molecular weight is 279 g/mol. The average Bonchev–Trinajstić information content (AvgIpc) is 2.84. The Labute approximate surface area is 123 Å². The van der Waals surface area contributed by atoms with E-state index in [1.165, 1.54) is 5.56 Å². The van der Waals surface area contributed by atoms with Crippen LogP contribution in [0.2, 0.25) is 0 Å². The number of aryl methyl sites for hydroxylation is 2. The first-order valence-electron chi connectivity index (χ1n) is 6.88. The van der Waals surface area contributed by atoms with Gasteiger partial charge in [0, 0.05) is 25.2 Å². The number of hydrogen-bond acceptors (Lipinski definition) is 2. The largest absolute Gasteiger partial charge is 0.347 e. The first-order chi connectivity index (χ1) is 10.1. The van der Waals surface area contributed by atoms with Crippen molar-refractivity contribution in [3.63, 3.8) is 0 Å². The maximum atomic E-state index is 12.3. The summed E-state index contributed by atoms with van der Waals surface area (Å²) in [6.45, 7) is 2.57. The molecule has 0 bridgehead atoms. The molecule has 0 atom stereocenters. The number of benzene rings is 1. The molecule has 0 aliphatic carbocycles. The van der Waals surface area contributed by atoms with Crippen LogP contribution in [0.3, 0.4) is 0 Å². The molecule has 3 rings (SSSR count). The summed E-state index contributed by atoms with van der Waals surface area (Å²) in [6, 6.07) is 11.9. The molecule has 0 saturated carbocycles. The van der Waals surface area contributed by atoms with Gasteiger partial charge in [0.25, 0.3) is 5.91 Å². The van der Waals surface area contributed by atoms with Crippen LogP contribution >= 0.6 is 0 Å². The number of fused-ring (bicyclic) bond motifs is 1. The summed E-state index contributed by atoms with van der Waals surface area (Å²) in [5.74, 6) is -0.0747. The minimum Gasteiger partial charge on any atom is -0.347 e. The van der Waals surface area contributed by atoms with E-state index in [2.05, 4.69) is 10.3 Å². The van der Waals surface area contributed by atoms with E-state index in [-0.39, 0.29) is 5.91 Å². The van der Waals surface area contributed by atoms with Gasteiger partial charge in [-0.2, -0.15) is 0 Å². The van der Waals surface area contributed by atoms with E-state index in [1.54, 1.807) is 12.4 Å². The lowest BCUT2D eigenvalue weighted by Gasteiger charge is -2.07. The second-order valence-electron chi connectivity index (χ2n) is 5.19. The van der Waals surface area contributed by atoms with E-state index in [1.807, 2.05) is 54.9 Å². The number of nitrogens with zero attached hydrogens (tertiary/aromatic N) is 2. The molecular formula is C17H17N3O. The fourth-order valence-corrected chi connectivity index (χ4v) is 2.37. The van der Waals surface area contributed by atoms with Gasteiger partial charge >= 0.3 is 0 Å². The molecule has 0 aliphatic heterocycles. The van der Waals surface area contributed by atoms with Gasteiger partial charge in [0.15, 0.2) is 0 Å². The smallest absolute Gasteiger partial charge is 0.268 e. The van der Waals surface area contributed by atoms with Crippen LogP contribution in [0.15, 0.2) is 48.8 Å². The van der Waals surface area contributed by atoms with E-state index in [9.17, 15) is 4.79 Å². The van der Waals surface area contributed by atoms with E-state index >= 15 is 0 Å². The topological polar surface area (TPSA) is 46.9 Å². The number of hydrogen-bond donors (Lipinski definition) is 1. The summed E-state index contributed by atoms with van der Waals surface area (Å²) in [4.78, 5) is 16.4. The van der Waals surface area contributed by atoms with Crippen molar-refractivity contribution in [3.05, 3.63) is 65.6 Å². The molecule has 4 nitrogen and oxygen atoms in total. The zero-order chi connectivity index (χ0) is 14.8. The normalized spacial score (nSPS) is 10.8. The molecule has 0 spiro atoms. The predicted octanol–water partition coefficient (Wildman–Crippen LogP) is 2.81. The Hall–Kier alpha value is -2.62. The molecule has 1 N–H and O–H groups in total. The molecule has 0 saturated heterocycles. The third-order valence-corrected chi connectivity index (χ3v) is 3.65. The lowest BCUT2D eigenvalue weighted by Crippen LogP contribution is -2.24. The number of nitrogens with one attached hydrogen (secondary N) is 1. The van der Waals surface area contributed by atoms with Crippen LogP contribution in [0.4, 0.5) is 0 Å². The second kappa shape index (κ2) is 5.40. The maximum absolute atomic E-state index is 12.3. The molecule has 0 radical (unpaired) electrons. The van der Waals surface area contributed by atoms with E-state index in [4.69, 9.17) is 0 Å². The minimum absolute atomic E-state index is 0.0747. The third kappa shape index (κ3) is 2.65. The minimum atomic E-state index is -0.0747. The Bertz CT molecular complexity index is 787. The standard InChI is InChI=1S/C17H17N3O/c1-12-3-5-13(6-4-12)10-19-17(21)15-9-14-7-8-18-11-16(14)20(15)2/h3-9,11H,10H2,1-2H3,(H,19,21). The quantitative estimate of drug-likeness (QED) is 0.801. The molecule has 21 heavy (non-hydrogen) atoms. The van der Waals surface area contributed by atoms with Gasteiger partial charge in [-0.1, -0.05) is 29.8 Å².